The van der Waals surface area contributed by atoms with Gasteiger partial charge in [-0.15, -0.1) is 0 Å². The molecule has 5 N–H and O–H groups in total. The second-order valence-electron chi connectivity index (χ2n) is 5.55. The molecule has 2 rings (SSSR count). The average Bonchev–Trinajstić information content (AvgIpc) is 3.08. The minimum Gasteiger partial charge on any atom is -0.382 e. The number of nitrogens with two attached hydrogens (primary N) is 2. The molecule has 1 saturated carbocycles. The fraction of sp³-hybridized carbons (Fsp3) is 0.429. The third kappa shape index (κ3) is 2.86. The van der Waals surface area contributed by atoms with Gasteiger partial charge in [0.1, 0.15) is 0 Å². The number of benzene rings is 1. The number of amides is 2. The summed E-state index contributed by atoms with van der Waals surface area (Å²) in [6.45, 7) is 4.30. The molecule has 1 aromatic carbocycles. The van der Waals surface area contributed by atoms with E-state index in [9.17, 15) is 9.59 Å². The predicted molar refractivity (Wildman–Crippen MR) is 73.9 cm³/mol. The first-order valence-corrected chi connectivity index (χ1v) is 6.33. The number of carbonyl (C=O) groups excluding carboxylic acids is 2. The molecular formula is C14H19N3O2. The quantitative estimate of drug-likeness (QED) is 0.748. The van der Waals surface area contributed by atoms with Gasteiger partial charge in [-0.3, -0.25) is 9.59 Å². The minimum absolute atomic E-state index is 0.261. The first kappa shape index (κ1) is 13.4. The normalized spacial score (nSPS) is 17.6. The first-order valence-electron chi connectivity index (χ1n) is 6.33. The number of hydrogen-bond acceptors (Lipinski definition) is 3. The smallest absolute Gasteiger partial charge is 0.248 e. The van der Waals surface area contributed by atoms with Crippen LogP contribution in [0.2, 0.25) is 0 Å². The van der Waals surface area contributed by atoms with Crippen molar-refractivity contribution in [1.82, 2.24) is 0 Å². The van der Waals surface area contributed by atoms with Crippen LogP contribution in [0.3, 0.4) is 0 Å². The van der Waals surface area contributed by atoms with Crippen LogP contribution >= 0.6 is 0 Å². The Labute approximate surface area is 112 Å². The summed E-state index contributed by atoms with van der Waals surface area (Å²) in [7, 11) is 0. The van der Waals surface area contributed by atoms with Gasteiger partial charge in [-0.1, -0.05) is 6.92 Å². The molecule has 1 aliphatic rings. The Morgan fingerprint density at radius 3 is 2.00 bits per heavy atom. The molecule has 1 unspecified atom stereocenters. The highest BCUT2D eigenvalue weighted by Crippen LogP contribution is 2.48. The fourth-order valence-electron chi connectivity index (χ4n) is 2.05. The Balaban J connectivity index is 2.28. The van der Waals surface area contributed by atoms with Crippen molar-refractivity contribution in [1.29, 1.82) is 0 Å². The van der Waals surface area contributed by atoms with Gasteiger partial charge in [0.2, 0.25) is 11.8 Å². The molecule has 5 heteroatoms. The summed E-state index contributed by atoms with van der Waals surface area (Å²) in [5.74, 6) is -1.15. The lowest BCUT2D eigenvalue weighted by atomic mass is 10.00. The number of anilines is 1. The Hall–Kier alpha value is -2.04. The molecule has 0 aromatic heterocycles. The number of hydrogen-bond donors (Lipinski definition) is 3. The number of carbonyl (C=O) groups is 2. The van der Waals surface area contributed by atoms with E-state index < -0.39 is 11.8 Å². The molecule has 0 spiro atoms. The SMILES string of the molecule is CC(Nc1cc(C(N)=O)cc(C(N)=O)c1)C1(C)CC1. The Morgan fingerprint density at radius 2 is 1.63 bits per heavy atom. The fourth-order valence-corrected chi connectivity index (χ4v) is 2.05. The second-order valence-corrected chi connectivity index (χ2v) is 5.55. The number of primary amides is 2. The Kier molecular flexibility index (Phi) is 3.22. The zero-order chi connectivity index (χ0) is 14.2. The molecule has 1 atom stereocenters. The van der Waals surface area contributed by atoms with Crippen molar-refractivity contribution in [2.45, 2.75) is 32.7 Å². The van der Waals surface area contributed by atoms with Crippen LogP contribution in [0.4, 0.5) is 5.69 Å². The van der Waals surface area contributed by atoms with E-state index in [-0.39, 0.29) is 22.6 Å². The van der Waals surface area contributed by atoms with Crippen LogP contribution in [0, 0.1) is 5.41 Å². The topological polar surface area (TPSA) is 98.2 Å². The van der Waals surface area contributed by atoms with Crippen LogP contribution in [0.15, 0.2) is 18.2 Å². The maximum atomic E-state index is 11.3. The van der Waals surface area contributed by atoms with Crippen molar-refractivity contribution in [3.8, 4) is 0 Å². The summed E-state index contributed by atoms with van der Waals surface area (Å²) in [6, 6.07) is 4.98. The van der Waals surface area contributed by atoms with Gasteiger partial charge >= 0.3 is 0 Å². The molecule has 0 heterocycles. The molecule has 0 saturated heterocycles. The average molecular weight is 261 g/mol. The lowest BCUT2D eigenvalue weighted by molar-refractivity contribution is 0.0999. The summed E-state index contributed by atoms with van der Waals surface area (Å²) in [6.07, 6.45) is 2.36. The summed E-state index contributed by atoms with van der Waals surface area (Å²) < 4.78 is 0. The third-order valence-electron chi connectivity index (χ3n) is 3.97. The second kappa shape index (κ2) is 4.57. The highest BCUT2D eigenvalue weighted by atomic mass is 16.1. The predicted octanol–water partition coefficient (Wildman–Crippen LogP) is 1.48. The molecule has 2 amide bonds. The number of nitrogens with one attached hydrogen (secondary N) is 1. The van der Waals surface area contributed by atoms with Crippen LogP contribution in [-0.4, -0.2) is 17.9 Å². The van der Waals surface area contributed by atoms with Gasteiger partial charge in [0.15, 0.2) is 0 Å². The van der Waals surface area contributed by atoms with E-state index in [4.69, 9.17) is 11.5 Å². The van der Waals surface area contributed by atoms with E-state index in [1.165, 1.54) is 18.9 Å². The van der Waals surface area contributed by atoms with Crippen molar-refractivity contribution in [3.63, 3.8) is 0 Å². The van der Waals surface area contributed by atoms with Gasteiger partial charge in [0.25, 0.3) is 0 Å². The van der Waals surface area contributed by atoms with Gasteiger partial charge < -0.3 is 16.8 Å². The van der Waals surface area contributed by atoms with Gasteiger partial charge in [-0.25, -0.2) is 0 Å². The van der Waals surface area contributed by atoms with Crippen molar-refractivity contribution < 1.29 is 9.59 Å². The van der Waals surface area contributed by atoms with Crippen molar-refractivity contribution in [2.24, 2.45) is 16.9 Å². The molecule has 0 radical (unpaired) electrons. The zero-order valence-corrected chi connectivity index (χ0v) is 11.2. The van der Waals surface area contributed by atoms with E-state index in [0.717, 1.165) is 0 Å². The summed E-state index contributed by atoms with van der Waals surface area (Å²) in [4.78, 5) is 22.5. The van der Waals surface area contributed by atoms with Crippen molar-refractivity contribution >= 4 is 17.5 Å². The molecule has 1 aromatic rings. The van der Waals surface area contributed by atoms with Crippen molar-refractivity contribution in [3.05, 3.63) is 29.3 Å². The number of rotatable bonds is 5. The summed E-state index contributed by atoms with van der Waals surface area (Å²) in [5.41, 5.74) is 12.1. The lowest BCUT2D eigenvalue weighted by Crippen LogP contribution is -2.25. The largest absolute Gasteiger partial charge is 0.382 e. The van der Waals surface area contributed by atoms with Gasteiger partial charge in [0, 0.05) is 22.9 Å². The standard InChI is InChI=1S/C14H19N3O2/c1-8(14(2)3-4-14)17-11-6-9(12(15)18)5-10(7-11)13(16)19/h5-8,17H,3-4H2,1-2H3,(H2,15,18)(H2,16,19). The molecule has 19 heavy (non-hydrogen) atoms. The Bertz CT molecular complexity index is 503. The monoisotopic (exact) mass is 261 g/mol. The van der Waals surface area contributed by atoms with Crippen LogP contribution in [0.25, 0.3) is 0 Å². The van der Waals surface area contributed by atoms with Gasteiger partial charge in [-0.2, -0.15) is 0 Å². The lowest BCUT2D eigenvalue weighted by Gasteiger charge is -2.22. The highest BCUT2D eigenvalue weighted by Gasteiger charge is 2.42. The molecule has 1 fully saturated rings. The molecule has 0 bridgehead atoms. The van der Waals surface area contributed by atoms with Gasteiger partial charge in [-0.05, 0) is 43.4 Å². The Morgan fingerprint density at radius 1 is 1.16 bits per heavy atom. The molecule has 5 nitrogen and oxygen atoms in total. The van der Waals surface area contributed by atoms with Crippen LogP contribution in [0.1, 0.15) is 47.4 Å². The summed E-state index contributed by atoms with van der Waals surface area (Å²) in [5, 5.41) is 3.32. The molecular weight excluding hydrogens is 242 g/mol. The van der Waals surface area contributed by atoms with E-state index in [1.54, 1.807) is 12.1 Å². The highest BCUT2D eigenvalue weighted by molar-refractivity contribution is 5.99. The van der Waals surface area contributed by atoms with Crippen LogP contribution in [-0.2, 0) is 0 Å². The maximum Gasteiger partial charge on any atom is 0.248 e. The third-order valence-corrected chi connectivity index (χ3v) is 3.97. The van der Waals surface area contributed by atoms with Gasteiger partial charge in [0.05, 0.1) is 0 Å². The maximum absolute atomic E-state index is 11.3. The van der Waals surface area contributed by atoms with E-state index in [1.807, 2.05) is 0 Å². The zero-order valence-electron chi connectivity index (χ0n) is 11.2. The van der Waals surface area contributed by atoms with Crippen LogP contribution < -0.4 is 16.8 Å². The van der Waals surface area contributed by atoms with Crippen molar-refractivity contribution in [2.75, 3.05) is 5.32 Å². The minimum atomic E-state index is -0.573. The molecule has 1 aliphatic carbocycles. The first-order chi connectivity index (χ1) is 8.82. The van der Waals surface area contributed by atoms with E-state index >= 15 is 0 Å². The van der Waals surface area contributed by atoms with Crippen LogP contribution in [0.5, 0.6) is 0 Å². The molecule has 102 valence electrons. The van der Waals surface area contributed by atoms with E-state index in [0.29, 0.717) is 5.69 Å². The molecule has 0 aliphatic heterocycles. The summed E-state index contributed by atoms with van der Waals surface area (Å²) >= 11 is 0. The van der Waals surface area contributed by atoms with E-state index in [2.05, 4.69) is 19.2 Å².